The van der Waals surface area contributed by atoms with Crippen LogP contribution >= 0.6 is 0 Å². The molecule has 0 spiro atoms. The van der Waals surface area contributed by atoms with Crippen LogP contribution in [0.5, 0.6) is 0 Å². The molecule has 2 N–H and O–H groups in total. The molecule has 0 saturated carbocycles. The fourth-order valence-electron chi connectivity index (χ4n) is 1.40. The summed E-state index contributed by atoms with van der Waals surface area (Å²) in [4.78, 5) is 35.4. The molecule has 110 valence electrons. The van der Waals surface area contributed by atoms with Crippen LogP contribution in [0.15, 0.2) is 0 Å². The molecule has 0 unspecified atom stereocenters. The number of hydrogen-bond donors (Lipinski definition) is 2. The molecule has 0 aromatic rings. The van der Waals surface area contributed by atoms with Gasteiger partial charge in [0.1, 0.15) is 12.6 Å². The average molecular weight is 274 g/mol. The number of urea groups is 1. The maximum absolute atomic E-state index is 11.9. The lowest BCUT2D eigenvalue weighted by Crippen LogP contribution is -2.51. The highest BCUT2D eigenvalue weighted by Crippen LogP contribution is 2.02. The molecular formula is C12H22N2O5. The van der Waals surface area contributed by atoms with Crippen LogP contribution in [-0.4, -0.2) is 53.2 Å². The zero-order valence-electron chi connectivity index (χ0n) is 11.8. The third-order valence-electron chi connectivity index (χ3n) is 2.49. The molecule has 0 aromatic heterocycles. The Kier molecular flexibility index (Phi) is 7.55. The van der Waals surface area contributed by atoms with Gasteiger partial charge in [-0.05, 0) is 27.2 Å². The maximum Gasteiger partial charge on any atom is 0.326 e. The summed E-state index contributed by atoms with van der Waals surface area (Å²) in [6.45, 7) is 6.84. The van der Waals surface area contributed by atoms with Gasteiger partial charge in [-0.25, -0.2) is 9.59 Å². The number of carboxylic acid groups (broad SMARTS) is 1. The highest BCUT2D eigenvalue weighted by atomic mass is 16.5. The Morgan fingerprint density at radius 3 is 2.21 bits per heavy atom. The molecule has 7 nitrogen and oxygen atoms in total. The van der Waals surface area contributed by atoms with Gasteiger partial charge in [-0.2, -0.15) is 0 Å². The van der Waals surface area contributed by atoms with Gasteiger partial charge in [-0.1, -0.05) is 6.92 Å². The van der Waals surface area contributed by atoms with Crippen molar-refractivity contribution < 1.29 is 24.2 Å². The van der Waals surface area contributed by atoms with E-state index >= 15 is 0 Å². The molecule has 7 heteroatoms. The molecule has 0 aliphatic rings. The average Bonchev–Trinajstić information content (AvgIpc) is 2.32. The number of nitrogens with zero attached hydrogens (tertiary/aromatic N) is 1. The smallest absolute Gasteiger partial charge is 0.326 e. The molecule has 0 aliphatic carbocycles. The Morgan fingerprint density at radius 1 is 1.26 bits per heavy atom. The molecule has 1 atom stereocenters. The van der Waals surface area contributed by atoms with E-state index in [1.54, 1.807) is 27.7 Å². The number of carbonyl (C=O) groups excluding carboxylic acids is 2. The molecule has 0 aromatic carbocycles. The summed E-state index contributed by atoms with van der Waals surface area (Å²) >= 11 is 0. The fraction of sp³-hybridized carbons (Fsp3) is 0.750. The second-order valence-corrected chi connectivity index (χ2v) is 4.28. The van der Waals surface area contributed by atoms with E-state index in [0.717, 1.165) is 0 Å². The summed E-state index contributed by atoms with van der Waals surface area (Å²) in [7, 11) is 0. The molecule has 0 saturated heterocycles. The van der Waals surface area contributed by atoms with Gasteiger partial charge in [0.25, 0.3) is 0 Å². The molecule has 0 rings (SSSR count). The topological polar surface area (TPSA) is 95.9 Å². The zero-order chi connectivity index (χ0) is 15.0. The third kappa shape index (κ3) is 6.08. The van der Waals surface area contributed by atoms with E-state index in [0.29, 0.717) is 0 Å². The van der Waals surface area contributed by atoms with Crippen molar-refractivity contribution >= 4 is 18.0 Å². The summed E-state index contributed by atoms with van der Waals surface area (Å²) in [5, 5.41) is 11.3. The molecular weight excluding hydrogens is 252 g/mol. The van der Waals surface area contributed by atoms with Crippen LogP contribution in [0.25, 0.3) is 0 Å². The Morgan fingerprint density at radius 2 is 1.84 bits per heavy atom. The molecule has 19 heavy (non-hydrogen) atoms. The largest absolute Gasteiger partial charge is 0.480 e. The van der Waals surface area contributed by atoms with Crippen molar-refractivity contribution in [1.82, 2.24) is 10.2 Å². The molecule has 0 heterocycles. The number of esters is 1. The molecule has 0 radical (unpaired) electrons. The zero-order valence-corrected chi connectivity index (χ0v) is 11.8. The van der Waals surface area contributed by atoms with Gasteiger partial charge in [-0.3, -0.25) is 4.79 Å². The number of aliphatic carboxylic acids is 1. The second-order valence-electron chi connectivity index (χ2n) is 4.28. The quantitative estimate of drug-likeness (QED) is 0.670. The normalized spacial score (nSPS) is 11.8. The first-order chi connectivity index (χ1) is 8.83. The van der Waals surface area contributed by atoms with Crippen LogP contribution in [0.2, 0.25) is 0 Å². The summed E-state index contributed by atoms with van der Waals surface area (Å²) in [5.41, 5.74) is 0. The van der Waals surface area contributed by atoms with Crippen molar-refractivity contribution in [3.63, 3.8) is 0 Å². The van der Waals surface area contributed by atoms with Crippen LogP contribution in [0.1, 0.15) is 34.1 Å². The molecule has 2 amide bonds. The van der Waals surface area contributed by atoms with Gasteiger partial charge in [0.15, 0.2) is 0 Å². The van der Waals surface area contributed by atoms with Crippen molar-refractivity contribution in [2.45, 2.75) is 46.2 Å². The van der Waals surface area contributed by atoms with Crippen molar-refractivity contribution in [1.29, 1.82) is 0 Å². The van der Waals surface area contributed by atoms with E-state index in [-0.39, 0.29) is 25.6 Å². The van der Waals surface area contributed by atoms with Gasteiger partial charge >= 0.3 is 18.0 Å². The third-order valence-corrected chi connectivity index (χ3v) is 2.49. The lowest BCUT2D eigenvalue weighted by Gasteiger charge is -2.27. The Bertz CT molecular complexity index is 330. The van der Waals surface area contributed by atoms with Crippen molar-refractivity contribution in [2.75, 3.05) is 13.2 Å². The number of rotatable bonds is 7. The highest BCUT2D eigenvalue weighted by Gasteiger charge is 2.25. The standard InChI is InChI=1S/C12H22N2O5/c1-5-9(11(16)17)13-12(18)14(8(3)4)7-10(15)19-6-2/h8-9H,5-7H2,1-4H3,(H,13,18)(H,16,17)/t9-/m1/s1. The predicted octanol–water partition coefficient (Wildman–Crippen LogP) is 0.833. The van der Waals surface area contributed by atoms with Crippen LogP contribution in [0.4, 0.5) is 4.79 Å². The highest BCUT2D eigenvalue weighted by molar-refractivity contribution is 5.85. The summed E-state index contributed by atoms with van der Waals surface area (Å²) in [6, 6.07) is -1.79. The molecule has 0 fully saturated rings. The van der Waals surface area contributed by atoms with Crippen molar-refractivity contribution in [3.8, 4) is 0 Å². The first kappa shape index (κ1) is 17.2. The second kappa shape index (κ2) is 8.34. The minimum atomic E-state index is -1.10. The fourth-order valence-corrected chi connectivity index (χ4v) is 1.40. The van der Waals surface area contributed by atoms with E-state index in [2.05, 4.69) is 5.32 Å². The Hall–Kier alpha value is -1.79. The Balaban J connectivity index is 4.66. The maximum atomic E-state index is 11.9. The van der Waals surface area contributed by atoms with Crippen LogP contribution in [0.3, 0.4) is 0 Å². The number of ether oxygens (including phenoxy) is 1. The summed E-state index contributed by atoms with van der Waals surface area (Å²) < 4.78 is 4.77. The van der Waals surface area contributed by atoms with E-state index in [1.807, 2.05) is 0 Å². The van der Waals surface area contributed by atoms with Crippen LogP contribution in [0, 0.1) is 0 Å². The van der Waals surface area contributed by atoms with Crippen LogP contribution < -0.4 is 5.32 Å². The number of amides is 2. The first-order valence-electron chi connectivity index (χ1n) is 6.28. The number of carbonyl (C=O) groups is 3. The lowest BCUT2D eigenvalue weighted by molar-refractivity contribution is -0.144. The van der Waals surface area contributed by atoms with Crippen molar-refractivity contribution in [2.24, 2.45) is 0 Å². The van der Waals surface area contributed by atoms with Crippen LogP contribution in [-0.2, 0) is 14.3 Å². The van der Waals surface area contributed by atoms with Gasteiger partial charge in [0.05, 0.1) is 6.61 Å². The minimum Gasteiger partial charge on any atom is -0.480 e. The number of hydrogen-bond acceptors (Lipinski definition) is 4. The number of nitrogens with one attached hydrogen (secondary N) is 1. The number of carboxylic acids is 1. The lowest BCUT2D eigenvalue weighted by atomic mass is 10.2. The van der Waals surface area contributed by atoms with Crippen molar-refractivity contribution in [3.05, 3.63) is 0 Å². The van der Waals surface area contributed by atoms with Gasteiger partial charge in [-0.15, -0.1) is 0 Å². The summed E-state index contributed by atoms with van der Waals surface area (Å²) in [5.74, 6) is -1.62. The monoisotopic (exact) mass is 274 g/mol. The van der Waals surface area contributed by atoms with E-state index in [1.165, 1.54) is 4.90 Å². The summed E-state index contributed by atoms with van der Waals surface area (Å²) in [6.07, 6.45) is 0.270. The van der Waals surface area contributed by atoms with Gasteiger partial charge < -0.3 is 20.1 Å². The minimum absolute atomic E-state index is 0.201. The SMILES string of the molecule is CCOC(=O)CN(C(=O)N[C@H](CC)C(=O)O)C(C)C. The van der Waals surface area contributed by atoms with Gasteiger partial charge in [0, 0.05) is 6.04 Å². The van der Waals surface area contributed by atoms with E-state index < -0.39 is 24.0 Å². The van der Waals surface area contributed by atoms with Gasteiger partial charge in [0.2, 0.25) is 0 Å². The van der Waals surface area contributed by atoms with E-state index in [4.69, 9.17) is 9.84 Å². The first-order valence-corrected chi connectivity index (χ1v) is 6.28. The molecule has 0 bridgehead atoms. The predicted molar refractivity (Wildman–Crippen MR) is 68.7 cm³/mol. The molecule has 0 aliphatic heterocycles. The van der Waals surface area contributed by atoms with E-state index in [9.17, 15) is 14.4 Å². The Labute approximate surface area is 112 Å².